The number of rotatable bonds is 6. The summed E-state index contributed by atoms with van der Waals surface area (Å²) in [6, 6.07) is 20.0. The number of piperazine rings is 1. The smallest absolute Gasteiger partial charge is 0.313 e. The van der Waals surface area contributed by atoms with E-state index in [4.69, 9.17) is 0 Å². The van der Waals surface area contributed by atoms with Crippen molar-refractivity contribution < 1.29 is 9.59 Å². The Balaban J connectivity index is 1.39. The van der Waals surface area contributed by atoms with Crippen LogP contribution in [0.2, 0.25) is 0 Å². The second-order valence-electron chi connectivity index (χ2n) is 8.70. The molecule has 34 heavy (non-hydrogen) atoms. The highest BCUT2D eigenvalue weighted by Crippen LogP contribution is 2.23. The van der Waals surface area contributed by atoms with E-state index in [9.17, 15) is 9.59 Å². The molecule has 2 amide bonds. The molecule has 0 saturated carbocycles. The number of aryl methyl sites for hydroxylation is 2. The predicted octanol–water partition coefficient (Wildman–Crippen LogP) is 3.32. The first kappa shape index (κ1) is 23.4. The Morgan fingerprint density at radius 3 is 2.26 bits per heavy atom. The first-order valence-corrected chi connectivity index (χ1v) is 11.6. The van der Waals surface area contributed by atoms with Gasteiger partial charge in [-0.15, -0.1) is 0 Å². The molecule has 0 aliphatic carbocycles. The zero-order valence-corrected chi connectivity index (χ0v) is 19.7. The van der Waals surface area contributed by atoms with E-state index < -0.39 is 11.8 Å². The largest absolute Gasteiger partial charge is 0.369 e. The molecule has 1 aliphatic heterocycles. The van der Waals surface area contributed by atoms with Gasteiger partial charge in [-0.2, -0.15) is 0 Å². The van der Waals surface area contributed by atoms with Crippen LogP contribution in [0.1, 0.15) is 22.7 Å². The van der Waals surface area contributed by atoms with Crippen molar-refractivity contribution in [3.63, 3.8) is 0 Å². The minimum Gasteiger partial charge on any atom is -0.369 e. The average molecular weight is 458 g/mol. The predicted molar refractivity (Wildman–Crippen MR) is 135 cm³/mol. The second kappa shape index (κ2) is 10.9. The Hall–Kier alpha value is -3.71. The second-order valence-corrected chi connectivity index (χ2v) is 8.70. The van der Waals surface area contributed by atoms with Crippen LogP contribution in [0.3, 0.4) is 0 Å². The summed E-state index contributed by atoms with van der Waals surface area (Å²) in [6.07, 6.45) is 3.57. The third kappa shape index (κ3) is 5.99. The lowest BCUT2D eigenvalue weighted by molar-refractivity contribution is -0.136. The van der Waals surface area contributed by atoms with E-state index >= 15 is 0 Å². The van der Waals surface area contributed by atoms with Crippen molar-refractivity contribution in [3.8, 4) is 0 Å². The van der Waals surface area contributed by atoms with E-state index in [2.05, 4.69) is 49.7 Å². The summed E-state index contributed by atoms with van der Waals surface area (Å²) in [5.41, 5.74) is 4.92. The highest BCUT2D eigenvalue weighted by Gasteiger charge is 2.26. The van der Waals surface area contributed by atoms with Crippen LogP contribution >= 0.6 is 0 Å². The molecule has 2 aromatic carbocycles. The maximum absolute atomic E-state index is 12.6. The number of amides is 2. The number of hydrogen-bond donors (Lipinski definition) is 2. The van der Waals surface area contributed by atoms with E-state index in [1.165, 1.54) is 5.69 Å². The molecule has 0 bridgehead atoms. The molecular weight excluding hydrogens is 426 g/mol. The van der Waals surface area contributed by atoms with Crippen LogP contribution in [0, 0.1) is 13.8 Å². The minimum absolute atomic E-state index is 0.0652. The lowest BCUT2D eigenvalue weighted by Crippen LogP contribution is -2.50. The topological polar surface area (TPSA) is 77.6 Å². The van der Waals surface area contributed by atoms with Crippen LogP contribution in [0.25, 0.3) is 0 Å². The van der Waals surface area contributed by atoms with E-state index in [1.54, 1.807) is 6.20 Å². The molecule has 1 saturated heterocycles. The molecule has 3 aromatic rings. The van der Waals surface area contributed by atoms with Gasteiger partial charge in [0.25, 0.3) is 0 Å². The number of aromatic nitrogens is 1. The summed E-state index contributed by atoms with van der Waals surface area (Å²) in [6.45, 7) is 7.72. The quantitative estimate of drug-likeness (QED) is 0.556. The van der Waals surface area contributed by atoms with Crippen molar-refractivity contribution >= 4 is 23.2 Å². The third-order valence-corrected chi connectivity index (χ3v) is 6.09. The van der Waals surface area contributed by atoms with Gasteiger partial charge in [-0.1, -0.05) is 30.3 Å². The lowest BCUT2D eigenvalue weighted by atomic mass is 10.1. The number of para-hydroxylation sites is 1. The van der Waals surface area contributed by atoms with Gasteiger partial charge >= 0.3 is 11.8 Å². The van der Waals surface area contributed by atoms with E-state index in [0.29, 0.717) is 12.2 Å². The molecule has 2 heterocycles. The summed E-state index contributed by atoms with van der Waals surface area (Å²) in [5.74, 6) is -1.31. The molecule has 1 aromatic heterocycles. The average Bonchev–Trinajstić information content (AvgIpc) is 2.85. The SMILES string of the molecule is Cc1cc(C)cc(NC(=O)C(=O)NC[C@H](c2cccnc2)N2CCN(c3ccccc3)CC2)c1. The number of carbonyl (C=O) groups excluding carboxylic acids is 2. The number of anilines is 2. The standard InChI is InChI=1S/C27H31N5O2/c1-20-15-21(2)17-23(16-20)30-27(34)26(33)29-19-25(22-7-6-10-28-18-22)32-13-11-31(12-14-32)24-8-4-3-5-9-24/h3-10,15-18,25H,11-14,19H2,1-2H3,(H,29,33)(H,30,34)/t25-/m1/s1. The monoisotopic (exact) mass is 457 g/mol. The molecule has 0 spiro atoms. The summed E-state index contributed by atoms with van der Waals surface area (Å²) >= 11 is 0. The van der Waals surface area contributed by atoms with Gasteiger partial charge in [0, 0.05) is 56.5 Å². The zero-order chi connectivity index (χ0) is 23.9. The Morgan fingerprint density at radius 1 is 0.912 bits per heavy atom. The van der Waals surface area contributed by atoms with Gasteiger partial charge in [-0.3, -0.25) is 19.5 Å². The molecular formula is C27H31N5O2. The number of benzene rings is 2. The summed E-state index contributed by atoms with van der Waals surface area (Å²) in [4.78, 5) is 34.1. The molecule has 1 aliphatic rings. The Labute approximate surface area is 200 Å². The molecule has 2 N–H and O–H groups in total. The number of hydrogen-bond acceptors (Lipinski definition) is 5. The number of nitrogens with zero attached hydrogens (tertiary/aromatic N) is 3. The fourth-order valence-electron chi connectivity index (χ4n) is 4.47. The van der Waals surface area contributed by atoms with Crippen LogP contribution in [0.15, 0.2) is 73.1 Å². The normalized spacial score (nSPS) is 14.9. The summed E-state index contributed by atoms with van der Waals surface area (Å²) in [7, 11) is 0. The fraction of sp³-hybridized carbons (Fsp3) is 0.296. The van der Waals surface area contributed by atoms with Crippen molar-refractivity contribution in [1.82, 2.24) is 15.2 Å². The molecule has 176 valence electrons. The zero-order valence-electron chi connectivity index (χ0n) is 19.7. The first-order chi connectivity index (χ1) is 16.5. The number of carbonyl (C=O) groups is 2. The van der Waals surface area contributed by atoms with Crippen molar-refractivity contribution in [2.24, 2.45) is 0 Å². The van der Waals surface area contributed by atoms with Crippen LogP contribution in [-0.2, 0) is 9.59 Å². The van der Waals surface area contributed by atoms with E-state index in [-0.39, 0.29) is 6.04 Å². The van der Waals surface area contributed by atoms with Crippen molar-refractivity contribution in [2.45, 2.75) is 19.9 Å². The minimum atomic E-state index is -0.663. The Kier molecular flexibility index (Phi) is 7.54. The van der Waals surface area contributed by atoms with Gasteiger partial charge in [0.2, 0.25) is 0 Å². The highest BCUT2D eigenvalue weighted by atomic mass is 16.2. The van der Waals surface area contributed by atoms with Gasteiger partial charge in [-0.05, 0) is 60.9 Å². The molecule has 1 atom stereocenters. The molecule has 0 unspecified atom stereocenters. The van der Waals surface area contributed by atoms with Gasteiger partial charge in [0.1, 0.15) is 0 Å². The maximum Gasteiger partial charge on any atom is 0.313 e. The van der Waals surface area contributed by atoms with Gasteiger partial charge in [0.15, 0.2) is 0 Å². The highest BCUT2D eigenvalue weighted by molar-refractivity contribution is 6.39. The van der Waals surface area contributed by atoms with Crippen LogP contribution in [-0.4, -0.2) is 54.4 Å². The fourth-order valence-corrected chi connectivity index (χ4v) is 4.47. The van der Waals surface area contributed by atoms with Gasteiger partial charge in [-0.25, -0.2) is 0 Å². The molecule has 0 radical (unpaired) electrons. The summed E-state index contributed by atoms with van der Waals surface area (Å²) in [5, 5.41) is 5.54. The van der Waals surface area contributed by atoms with Crippen LogP contribution in [0.5, 0.6) is 0 Å². The molecule has 7 heteroatoms. The van der Waals surface area contributed by atoms with E-state index in [1.807, 2.05) is 56.4 Å². The van der Waals surface area contributed by atoms with E-state index in [0.717, 1.165) is 42.9 Å². The molecule has 4 rings (SSSR count). The Morgan fingerprint density at radius 2 is 1.62 bits per heavy atom. The van der Waals surface area contributed by atoms with Crippen molar-refractivity contribution in [3.05, 3.63) is 89.7 Å². The summed E-state index contributed by atoms with van der Waals surface area (Å²) < 4.78 is 0. The van der Waals surface area contributed by atoms with Crippen molar-refractivity contribution in [2.75, 3.05) is 42.9 Å². The molecule has 7 nitrogen and oxygen atoms in total. The Bertz CT molecular complexity index is 1090. The van der Waals surface area contributed by atoms with Crippen LogP contribution < -0.4 is 15.5 Å². The van der Waals surface area contributed by atoms with Gasteiger partial charge < -0.3 is 15.5 Å². The van der Waals surface area contributed by atoms with Crippen molar-refractivity contribution in [1.29, 1.82) is 0 Å². The lowest BCUT2D eigenvalue weighted by Gasteiger charge is -2.40. The third-order valence-electron chi connectivity index (χ3n) is 6.09. The van der Waals surface area contributed by atoms with Gasteiger partial charge in [0.05, 0.1) is 6.04 Å². The maximum atomic E-state index is 12.6. The first-order valence-electron chi connectivity index (χ1n) is 11.6. The molecule has 1 fully saturated rings. The number of pyridine rings is 1. The van der Waals surface area contributed by atoms with Crippen LogP contribution in [0.4, 0.5) is 11.4 Å². The number of nitrogens with one attached hydrogen (secondary N) is 2.